The van der Waals surface area contributed by atoms with Gasteiger partial charge >= 0.3 is 117 Å². The molecule has 0 aliphatic carbocycles. The van der Waals surface area contributed by atoms with Gasteiger partial charge in [0, 0.05) is 0 Å². The van der Waals surface area contributed by atoms with Crippen molar-refractivity contribution in [2.24, 2.45) is 4.81 Å². The second kappa shape index (κ2) is 6.54. The van der Waals surface area contributed by atoms with Crippen LogP contribution in [0.15, 0.2) is 29.1 Å². The van der Waals surface area contributed by atoms with Crippen molar-refractivity contribution in [2.45, 2.75) is 25.1 Å². The molecule has 1 fully saturated rings. The summed E-state index contributed by atoms with van der Waals surface area (Å²) in [6.45, 7) is 0.547. The molecule has 3 rings (SSSR count). The predicted octanol–water partition coefficient (Wildman–Crippen LogP) is 0.804. The van der Waals surface area contributed by atoms with Crippen LogP contribution in [0.25, 0.3) is 0 Å². The van der Waals surface area contributed by atoms with Gasteiger partial charge in [0.2, 0.25) is 0 Å². The molecule has 1 aromatic rings. The molecule has 110 valence electrons. The van der Waals surface area contributed by atoms with E-state index in [0.29, 0.717) is 23.9 Å². The van der Waals surface area contributed by atoms with Gasteiger partial charge in [-0.25, -0.2) is 0 Å². The van der Waals surface area contributed by atoms with Crippen LogP contribution in [0, 0.1) is 0 Å². The van der Waals surface area contributed by atoms with E-state index in [1.165, 1.54) is 4.90 Å². The number of hydrogen-bond acceptors (Lipinski definition) is 5. The van der Waals surface area contributed by atoms with Crippen LogP contribution in [0.3, 0.4) is 0 Å². The fourth-order valence-electron chi connectivity index (χ4n) is 2.67. The molecule has 0 N–H and O–H groups in total. The molecule has 0 saturated carbocycles. The Morgan fingerprint density at radius 3 is 2.32 bits per heavy atom. The van der Waals surface area contributed by atoms with E-state index >= 15 is 0 Å². The summed E-state index contributed by atoms with van der Waals surface area (Å²) in [5, 5.41) is 0. The fraction of sp³-hybridized carbons (Fsp3) is 0.429. The molecule has 0 unspecified atom stereocenters. The van der Waals surface area contributed by atoms with Crippen molar-refractivity contribution in [3.8, 4) is 0 Å². The van der Waals surface area contributed by atoms with E-state index in [2.05, 4.69) is 4.81 Å². The third kappa shape index (κ3) is 2.76. The molecular formula is C14H14B2N2O4. The molecule has 2 aliphatic heterocycles. The Hall–Kier alpha value is -1.79. The topological polar surface area (TPSA) is 68.2 Å². The van der Waals surface area contributed by atoms with Crippen molar-refractivity contribution in [2.75, 3.05) is 13.2 Å². The third-order valence-corrected chi connectivity index (χ3v) is 3.78. The number of carbonyl (C=O) groups is 2. The molecule has 0 atom stereocenters. The van der Waals surface area contributed by atoms with Gasteiger partial charge in [0.05, 0.1) is 0 Å². The first-order valence-corrected chi connectivity index (χ1v) is 7.14. The van der Waals surface area contributed by atoms with Crippen molar-refractivity contribution in [3.63, 3.8) is 0 Å². The summed E-state index contributed by atoms with van der Waals surface area (Å²) in [5.74, 6) is -0.571. The number of carbonyl (C=O) groups excluding carboxylic acids is 2. The normalized spacial score (nSPS) is 24.2. The van der Waals surface area contributed by atoms with Crippen LogP contribution in [-0.2, 0) is 9.47 Å². The Kier molecular flexibility index (Phi) is 4.49. The number of rotatable bonds is 5. The second-order valence-electron chi connectivity index (χ2n) is 5.18. The van der Waals surface area contributed by atoms with Crippen molar-refractivity contribution in [1.29, 1.82) is 0 Å². The summed E-state index contributed by atoms with van der Waals surface area (Å²) in [5.41, 5.74) is 0.877. The second-order valence-corrected chi connectivity index (χ2v) is 5.18. The molecule has 0 aromatic heterocycles. The summed E-state index contributed by atoms with van der Waals surface area (Å²) < 4.78 is 11.1. The van der Waals surface area contributed by atoms with Crippen LogP contribution >= 0.6 is 0 Å². The van der Waals surface area contributed by atoms with Gasteiger partial charge in [0.25, 0.3) is 0 Å². The van der Waals surface area contributed by atoms with Crippen LogP contribution in [-0.4, -0.2) is 57.3 Å². The van der Waals surface area contributed by atoms with Crippen LogP contribution < -0.4 is 0 Å². The van der Waals surface area contributed by atoms with E-state index in [-0.39, 0.29) is 31.3 Å². The first-order valence-electron chi connectivity index (χ1n) is 7.14. The van der Waals surface area contributed by atoms with Gasteiger partial charge in [-0.1, -0.05) is 12.1 Å². The van der Waals surface area contributed by atoms with E-state index in [4.69, 9.17) is 17.1 Å². The molecule has 2 amide bonds. The first-order chi connectivity index (χ1) is 10.7. The van der Waals surface area contributed by atoms with Crippen LogP contribution in [0.2, 0.25) is 6.32 Å². The zero-order chi connectivity index (χ0) is 15.5. The average molecular weight is 296 g/mol. The maximum atomic E-state index is 12.4. The minimum atomic E-state index is -0.396. The Balaban J connectivity index is 1.62. The molecule has 0 spiro atoms. The predicted molar refractivity (Wildman–Crippen MR) is 79.8 cm³/mol. The number of ether oxygens (including phenoxy) is 2. The molecular weight excluding hydrogens is 282 g/mol. The molecule has 2 radical (unpaired) electrons. The Morgan fingerprint density at radius 2 is 1.77 bits per heavy atom. The van der Waals surface area contributed by atoms with Gasteiger partial charge in [0.15, 0.2) is 0 Å². The quantitative estimate of drug-likeness (QED) is 0.458. The summed E-state index contributed by atoms with van der Waals surface area (Å²) >= 11 is 0. The summed E-state index contributed by atoms with van der Waals surface area (Å²) in [4.78, 5) is 29.4. The molecule has 0 bridgehead atoms. The number of nitrogens with zero attached hydrogens (tertiary/aromatic N) is 2. The third-order valence-electron chi connectivity index (χ3n) is 3.78. The number of hydrogen-bond donors (Lipinski definition) is 0. The monoisotopic (exact) mass is 296 g/mol. The average Bonchev–Trinajstić information content (AvgIpc) is 2.81. The van der Waals surface area contributed by atoms with Gasteiger partial charge in [0.1, 0.15) is 0 Å². The molecule has 1 aromatic carbocycles. The van der Waals surface area contributed by atoms with Crippen LogP contribution in [0.4, 0.5) is 0 Å². The van der Waals surface area contributed by atoms with Gasteiger partial charge < -0.3 is 0 Å². The molecule has 22 heavy (non-hydrogen) atoms. The van der Waals surface area contributed by atoms with Crippen molar-refractivity contribution in [3.05, 3.63) is 35.4 Å². The number of imide groups is 1. The summed E-state index contributed by atoms with van der Waals surface area (Å²) in [6.07, 6.45) is 0.929. The van der Waals surface area contributed by atoms with Crippen LogP contribution in [0.1, 0.15) is 27.1 Å². The molecule has 8 heteroatoms. The van der Waals surface area contributed by atoms with Crippen molar-refractivity contribution < 1.29 is 19.1 Å². The molecule has 1 saturated heterocycles. The molecule has 6 nitrogen and oxygen atoms in total. The zero-order valence-electron chi connectivity index (χ0n) is 12.0. The summed E-state index contributed by atoms with van der Waals surface area (Å²) in [7, 11) is 6.61. The minimum absolute atomic E-state index is 0.274. The van der Waals surface area contributed by atoms with E-state index < -0.39 is 6.04 Å². The van der Waals surface area contributed by atoms with Gasteiger partial charge in [-0.05, 0) is 0 Å². The standard InChI is InChI=1S/C14H14B2N2O4/c15-17-16-6-5-12-21-7-9(8-22-12)18-13(19)10-3-1-2-4-11(10)14(18)20/h1-4,9,12H,5-8H2. The molecule has 2 aliphatic rings. The van der Waals surface area contributed by atoms with E-state index in [9.17, 15) is 9.59 Å². The Morgan fingerprint density at radius 1 is 1.18 bits per heavy atom. The molecule has 2 heterocycles. The SMILES string of the molecule is [B]=N[B]CCC1OCC(N2C(=O)c3ccccc3C2=O)CO1. The number of benzene rings is 1. The fourth-order valence-corrected chi connectivity index (χ4v) is 2.67. The van der Waals surface area contributed by atoms with E-state index in [0.717, 1.165) is 0 Å². The van der Waals surface area contributed by atoms with E-state index in [1.807, 2.05) is 0 Å². The van der Waals surface area contributed by atoms with Crippen molar-refractivity contribution >= 4 is 26.9 Å². The number of amides is 2. The Bertz CT molecular complexity index is 567. The van der Waals surface area contributed by atoms with Crippen molar-refractivity contribution in [1.82, 2.24) is 4.90 Å². The first kappa shape index (κ1) is 15.1. The van der Waals surface area contributed by atoms with Gasteiger partial charge in [-0.3, -0.25) is 0 Å². The Labute approximate surface area is 130 Å². The zero-order valence-corrected chi connectivity index (χ0v) is 12.0. The van der Waals surface area contributed by atoms with E-state index in [1.54, 1.807) is 31.7 Å². The van der Waals surface area contributed by atoms with Gasteiger partial charge in [-0.15, -0.1) is 0 Å². The van der Waals surface area contributed by atoms with Gasteiger partial charge in [-0.2, -0.15) is 0 Å². The summed E-state index contributed by atoms with van der Waals surface area (Å²) in [6, 6.07) is 6.42. The van der Waals surface area contributed by atoms with Crippen LogP contribution in [0.5, 0.6) is 0 Å². The maximum absolute atomic E-state index is 12.4. The number of fused-ring (bicyclic) bond motifs is 1.